The predicted molar refractivity (Wildman–Crippen MR) is 129 cm³/mol. The molecule has 174 valence electrons. The lowest BCUT2D eigenvalue weighted by molar-refractivity contribution is -0.131. The number of hydrogen-bond acceptors (Lipinski definition) is 3. The first-order chi connectivity index (χ1) is 16.0. The Morgan fingerprint density at radius 3 is 2.82 bits per heavy atom. The summed E-state index contributed by atoms with van der Waals surface area (Å²) in [6, 6.07) is 7.80. The van der Waals surface area contributed by atoms with Crippen molar-refractivity contribution in [3.05, 3.63) is 30.0 Å². The van der Waals surface area contributed by atoms with Crippen LogP contribution in [0.3, 0.4) is 0 Å². The topological polar surface area (TPSA) is 58.7 Å². The van der Waals surface area contributed by atoms with Crippen molar-refractivity contribution in [2.75, 3.05) is 0 Å². The minimum Gasteiger partial charge on any atom is -0.297 e. The van der Waals surface area contributed by atoms with Gasteiger partial charge in [0.05, 0.1) is 23.3 Å². The number of nitrogens with zero attached hydrogens (tertiary/aromatic N) is 3. The molecule has 1 aromatic heterocycles. The monoisotopic (exact) mass is 443 g/mol. The zero-order valence-corrected chi connectivity index (χ0v) is 20.2. The van der Waals surface area contributed by atoms with Crippen LogP contribution in [0.5, 0.6) is 0 Å². The molecule has 0 aliphatic heterocycles. The predicted octanol–water partition coefficient (Wildman–Crippen LogP) is 6.38. The quantitative estimate of drug-likeness (QED) is 0.553. The third-order valence-corrected chi connectivity index (χ3v) is 10.7. The molecule has 1 aromatic carbocycles. The van der Waals surface area contributed by atoms with E-state index in [-0.39, 0.29) is 11.3 Å². The van der Waals surface area contributed by atoms with Gasteiger partial charge in [-0.3, -0.25) is 9.48 Å². The molecule has 4 fully saturated rings. The molecule has 8 atom stereocenters. The van der Waals surface area contributed by atoms with E-state index in [1.54, 1.807) is 6.20 Å². The molecule has 0 spiro atoms. The number of carbonyl (C=O) groups excluding carboxylic acids is 1. The van der Waals surface area contributed by atoms with Crippen LogP contribution in [0.1, 0.15) is 77.2 Å². The largest absolute Gasteiger partial charge is 0.297 e. The molecule has 0 radical (unpaired) electrons. The van der Waals surface area contributed by atoms with E-state index >= 15 is 0 Å². The molecular weight excluding hydrogens is 406 g/mol. The molecule has 4 heteroatoms. The highest BCUT2D eigenvalue weighted by Crippen LogP contribution is 2.64. The third kappa shape index (κ3) is 3.37. The number of fused-ring (bicyclic) bond motifs is 6. The lowest BCUT2D eigenvalue weighted by Gasteiger charge is -2.56. The van der Waals surface area contributed by atoms with Gasteiger partial charge < -0.3 is 0 Å². The van der Waals surface area contributed by atoms with Crippen LogP contribution in [0.4, 0.5) is 0 Å². The minimum absolute atomic E-state index is 0.171. The van der Waals surface area contributed by atoms with Crippen LogP contribution in [0.25, 0.3) is 10.9 Å². The average molecular weight is 444 g/mol. The van der Waals surface area contributed by atoms with Gasteiger partial charge in [0.25, 0.3) is 0 Å². The Balaban J connectivity index is 1.20. The first-order valence-corrected chi connectivity index (χ1v) is 13.4. The zero-order chi connectivity index (χ0) is 22.7. The van der Waals surface area contributed by atoms with Crippen LogP contribution < -0.4 is 0 Å². The molecule has 33 heavy (non-hydrogen) atoms. The molecule has 0 N–H and O–H groups in total. The number of hydrogen-bond donors (Lipinski definition) is 0. The van der Waals surface area contributed by atoms with E-state index in [0.717, 1.165) is 52.8 Å². The normalized spacial score (nSPS) is 40.0. The summed E-state index contributed by atoms with van der Waals surface area (Å²) in [6.45, 7) is 5.27. The molecule has 4 aliphatic rings. The molecule has 8 unspecified atom stereocenters. The molecule has 4 nitrogen and oxygen atoms in total. The van der Waals surface area contributed by atoms with E-state index in [1.165, 1.54) is 51.4 Å². The van der Waals surface area contributed by atoms with Gasteiger partial charge in [0.1, 0.15) is 6.54 Å². The Labute approximate surface area is 197 Å². The number of rotatable bonds is 3. The second kappa shape index (κ2) is 7.97. The average Bonchev–Trinajstić information content (AvgIpc) is 3.38. The molecule has 0 saturated heterocycles. The van der Waals surface area contributed by atoms with E-state index in [2.05, 4.69) is 25.0 Å². The van der Waals surface area contributed by atoms with E-state index in [1.807, 2.05) is 22.9 Å². The molecular formula is C29H37N3O. The second-order valence-electron chi connectivity index (χ2n) is 12.2. The summed E-state index contributed by atoms with van der Waals surface area (Å²) in [5.74, 6) is 5.92. The summed E-state index contributed by atoms with van der Waals surface area (Å²) in [5, 5.41) is 14.6. The Morgan fingerprint density at radius 2 is 1.97 bits per heavy atom. The zero-order valence-electron chi connectivity index (χ0n) is 20.2. The van der Waals surface area contributed by atoms with Gasteiger partial charge in [0.15, 0.2) is 5.78 Å². The summed E-state index contributed by atoms with van der Waals surface area (Å²) in [6.07, 6.45) is 13.9. The SMILES string of the molecule is CC1CCC2C(CCC3C2CCC2(C)C(C(=O)Cn4ncc5cc(C#N)ccc54)CCC32)C1. The molecule has 0 bridgehead atoms. The minimum atomic E-state index is 0.171. The number of aromatic nitrogens is 2. The molecule has 4 aliphatic carbocycles. The summed E-state index contributed by atoms with van der Waals surface area (Å²) in [5.41, 5.74) is 1.76. The van der Waals surface area contributed by atoms with Crippen molar-refractivity contribution in [1.29, 1.82) is 5.26 Å². The van der Waals surface area contributed by atoms with Gasteiger partial charge in [-0.2, -0.15) is 10.4 Å². The number of benzene rings is 1. The van der Waals surface area contributed by atoms with Crippen molar-refractivity contribution in [2.45, 2.75) is 78.2 Å². The standard InChI is InChI=1S/C29H37N3O/c1-18-3-6-22-20(13-18)5-7-24-23(22)11-12-29(2)25(24)8-9-26(29)28(33)17-32-27-10-4-19(15-30)14-21(27)16-31-32/h4,10,14,16,18,20,22-26H,3,5-9,11-13,17H2,1-2H3. The lowest BCUT2D eigenvalue weighted by atomic mass is 9.49. The van der Waals surface area contributed by atoms with Gasteiger partial charge in [-0.25, -0.2) is 0 Å². The summed E-state index contributed by atoms with van der Waals surface area (Å²) >= 11 is 0. The van der Waals surface area contributed by atoms with E-state index < -0.39 is 0 Å². The van der Waals surface area contributed by atoms with Gasteiger partial charge in [-0.05, 0) is 110 Å². The lowest BCUT2D eigenvalue weighted by Crippen LogP contribution is -2.49. The van der Waals surface area contributed by atoms with Gasteiger partial charge >= 0.3 is 0 Å². The molecule has 6 rings (SSSR count). The Morgan fingerprint density at radius 1 is 1.12 bits per heavy atom. The van der Waals surface area contributed by atoms with Crippen LogP contribution in [-0.2, 0) is 11.3 Å². The summed E-state index contributed by atoms with van der Waals surface area (Å²) in [7, 11) is 0. The Kier molecular flexibility index (Phi) is 5.16. The van der Waals surface area contributed by atoms with Gasteiger partial charge in [-0.1, -0.05) is 20.3 Å². The number of Topliss-reactive ketones (excluding diaryl/α,β-unsaturated/α-hetero) is 1. The van der Waals surface area contributed by atoms with Gasteiger partial charge in [-0.15, -0.1) is 0 Å². The fraction of sp³-hybridized carbons (Fsp3) is 0.690. The maximum absolute atomic E-state index is 13.7. The van der Waals surface area contributed by atoms with E-state index in [4.69, 9.17) is 5.26 Å². The van der Waals surface area contributed by atoms with Crippen molar-refractivity contribution < 1.29 is 4.79 Å². The number of nitriles is 1. The number of ketones is 1. The van der Waals surface area contributed by atoms with Gasteiger partial charge in [0, 0.05) is 11.3 Å². The third-order valence-electron chi connectivity index (χ3n) is 10.7. The maximum Gasteiger partial charge on any atom is 0.157 e. The van der Waals surface area contributed by atoms with Crippen LogP contribution in [0.2, 0.25) is 0 Å². The van der Waals surface area contributed by atoms with Crippen LogP contribution in [0.15, 0.2) is 24.4 Å². The molecule has 0 amide bonds. The molecule has 1 heterocycles. The van der Waals surface area contributed by atoms with Crippen LogP contribution in [0, 0.1) is 58.2 Å². The smallest absolute Gasteiger partial charge is 0.157 e. The summed E-state index contributed by atoms with van der Waals surface area (Å²) in [4.78, 5) is 13.7. The van der Waals surface area contributed by atoms with Crippen LogP contribution >= 0.6 is 0 Å². The van der Waals surface area contributed by atoms with Crippen molar-refractivity contribution in [1.82, 2.24) is 9.78 Å². The molecule has 4 saturated carbocycles. The first-order valence-electron chi connectivity index (χ1n) is 13.4. The van der Waals surface area contributed by atoms with Crippen molar-refractivity contribution in [3.63, 3.8) is 0 Å². The fourth-order valence-corrected chi connectivity index (χ4v) is 9.16. The molecule has 2 aromatic rings. The van der Waals surface area contributed by atoms with Crippen molar-refractivity contribution >= 4 is 16.7 Å². The highest BCUT2D eigenvalue weighted by atomic mass is 16.1. The van der Waals surface area contributed by atoms with E-state index in [0.29, 0.717) is 17.9 Å². The fourth-order valence-electron chi connectivity index (χ4n) is 9.16. The van der Waals surface area contributed by atoms with Gasteiger partial charge in [0.2, 0.25) is 0 Å². The van der Waals surface area contributed by atoms with Crippen molar-refractivity contribution in [3.8, 4) is 6.07 Å². The van der Waals surface area contributed by atoms with Crippen LogP contribution in [-0.4, -0.2) is 15.6 Å². The highest BCUT2D eigenvalue weighted by Gasteiger charge is 2.58. The number of carbonyl (C=O) groups is 1. The Hall–Kier alpha value is -2.15. The maximum atomic E-state index is 13.7. The second-order valence-corrected chi connectivity index (χ2v) is 12.2. The summed E-state index contributed by atoms with van der Waals surface area (Å²) < 4.78 is 1.86. The van der Waals surface area contributed by atoms with Crippen molar-refractivity contribution in [2.24, 2.45) is 46.8 Å². The Bertz CT molecular complexity index is 1110. The highest BCUT2D eigenvalue weighted by molar-refractivity contribution is 5.85. The van der Waals surface area contributed by atoms with E-state index in [9.17, 15) is 4.79 Å². The first kappa shape index (κ1) is 21.4.